The maximum atomic E-state index is 13.1. The second-order valence-electron chi connectivity index (χ2n) is 6.57. The molecule has 0 radical (unpaired) electrons. The number of halogens is 3. The molecule has 0 fully saturated rings. The average Bonchev–Trinajstić information content (AvgIpc) is 2.39. The lowest BCUT2D eigenvalue weighted by Crippen LogP contribution is -2.50. The van der Waals surface area contributed by atoms with E-state index in [0.717, 1.165) is 6.92 Å². The lowest BCUT2D eigenvalue weighted by Gasteiger charge is -2.32. The second kappa shape index (κ2) is 8.15. The van der Waals surface area contributed by atoms with Crippen LogP contribution in [0.15, 0.2) is 0 Å². The van der Waals surface area contributed by atoms with E-state index in [1.54, 1.807) is 20.8 Å². The van der Waals surface area contributed by atoms with Gasteiger partial charge in [0.05, 0.1) is 12.0 Å². The zero-order valence-electron chi connectivity index (χ0n) is 14.2. The highest BCUT2D eigenvalue weighted by molar-refractivity contribution is 5.75. The quantitative estimate of drug-likeness (QED) is 0.365. The van der Waals surface area contributed by atoms with Crippen LogP contribution in [-0.2, 0) is 19.0 Å². The zero-order valence-corrected chi connectivity index (χ0v) is 14.2. The number of carbonyl (C=O) groups excluding carboxylic acids is 1. The van der Waals surface area contributed by atoms with Gasteiger partial charge in [-0.05, 0) is 33.1 Å². The summed E-state index contributed by atoms with van der Waals surface area (Å²) in [6.07, 6.45) is -4.21. The fraction of sp³-hybridized carbons (Fsp3) is 0.933. The van der Waals surface area contributed by atoms with E-state index in [4.69, 9.17) is 14.2 Å². The molecule has 0 aromatic heterocycles. The summed E-state index contributed by atoms with van der Waals surface area (Å²) in [5.41, 5.74) is -3.43. The molecule has 0 spiro atoms. The van der Waals surface area contributed by atoms with E-state index < -0.39 is 36.6 Å². The van der Waals surface area contributed by atoms with Crippen LogP contribution in [0.4, 0.5) is 13.2 Å². The van der Waals surface area contributed by atoms with Crippen molar-refractivity contribution in [3.05, 3.63) is 0 Å². The summed E-state index contributed by atoms with van der Waals surface area (Å²) in [5.74, 6) is -0.499. The molecule has 0 aliphatic heterocycles. The molecule has 4 nitrogen and oxygen atoms in total. The summed E-state index contributed by atoms with van der Waals surface area (Å²) in [5, 5.41) is 0. The fourth-order valence-corrected chi connectivity index (χ4v) is 1.20. The molecule has 7 heteroatoms. The monoisotopic (exact) mass is 328 g/mol. The minimum absolute atomic E-state index is 0.184. The van der Waals surface area contributed by atoms with E-state index in [-0.39, 0.29) is 12.5 Å². The third kappa shape index (κ3) is 6.52. The van der Waals surface area contributed by atoms with Gasteiger partial charge < -0.3 is 14.2 Å². The van der Waals surface area contributed by atoms with Crippen LogP contribution in [0, 0.1) is 11.3 Å². The smallest absolute Gasteiger partial charge is 0.420 e. The van der Waals surface area contributed by atoms with Crippen molar-refractivity contribution in [3.8, 4) is 0 Å². The van der Waals surface area contributed by atoms with Gasteiger partial charge in [-0.3, -0.25) is 4.79 Å². The first-order chi connectivity index (χ1) is 9.85. The highest BCUT2D eigenvalue weighted by atomic mass is 19.4. The zero-order chi connectivity index (χ0) is 17.6. The lowest BCUT2D eigenvalue weighted by molar-refractivity contribution is -0.303. The van der Waals surface area contributed by atoms with Gasteiger partial charge in [-0.15, -0.1) is 0 Å². The Balaban J connectivity index is 4.68. The van der Waals surface area contributed by atoms with Crippen LogP contribution < -0.4 is 0 Å². The molecule has 1 unspecified atom stereocenters. The Morgan fingerprint density at radius 2 is 1.68 bits per heavy atom. The molecule has 0 aromatic carbocycles. The first-order valence-corrected chi connectivity index (χ1v) is 7.31. The molecule has 22 heavy (non-hydrogen) atoms. The molecule has 132 valence electrons. The van der Waals surface area contributed by atoms with E-state index in [2.05, 4.69) is 0 Å². The summed E-state index contributed by atoms with van der Waals surface area (Å²) in [4.78, 5) is 11.8. The van der Waals surface area contributed by atoms with E-state index >= 15 is 0 Å². The number of hydrogen-bond acceptors (Lipinski definition) is 4. The summed E-state index contributed by atoms with van der Waals surface area (Å²) in [6, 6.07) is 0. The Hall–Kier alpha value is -0.820. The normalized spacial score (nSPS) is 15.7. The van der Waals surface area contributed by atoms with Gasteiger partial charge in [0.25, 0.3) is 0 Å². The van der Waals surface area contributed by atoms with E-state index in [9.17, 15) is 18.0 Å². The van der Waals surface area contributed by atoms with Crippen molar-refractivity contribution >= 4 is 5.97 Å². The highest BCUT2D eigenvalue weighted by Gasteiger charge is 2.54. The van der Waals surface area contributed by atoms with Crippen LogP contribution in [-0.4, -0.2) is 37.8 Å². The van der Waals surface area contributed by atoms with Crippen molar-refractivity contribution in [2.24, 2.45) is 11.3 Å². The molecular formula is C15H27F3O4. The molecule has 0 saturated carbocycles. The van der Waals surface area contributed by atoms with Gasteiger partial charge in [-0.25, -0.2) is 0 Å². The van der Waals surface area contributed by atoms with Crippen LogP contribution in [0.25, 0.3) is 0 Å². The van der Waals surface area contributed by atoms with Gasteiger partial charge >= 0.3 is 12.1 Å². The number of alkyl halides is 3. The van der Waals surface area contributed by atoms with Gasteiger partial charge in [-0.2, -0.15) is 13.2 Å². The fourth-order valence-electron chi connectivity index (χ4n) is 1.20. The van der Waals surface area contributed by atoms with Crippen LogP contribution in [0.1, 0.15) is 48.0 Å². The van der Waals surface area contributed by atoms with Crippen molar-refractivity contribution in [1.29, 1.82) is 0 Å². The number of rotatable bonds is 9. The molecule has 0 amide bonds. The number of esters is 1. The molecule has 0 N–H and O–H groups in total. The number of carbonyl (C=O) groups is 1. The molecule has 0 aliphatic carbocycles. The molecule has 0 heterocycles. The molecular weight excluding hydrogens is 301 g/mol. The minimum atomic E-state index is -4.68. The van der Waals surface area contributed by atoms with Crippen LogP contribution >= 0.6 is 0 Å². The van der Waals surface area contributed by atoms with Gasteiger partial charge in [0.1, 0.15) is 13.4 Å². The molecule has 0 bridgehead atoms. The molecule has 0 saturated heterocycles. The van der Waals surface area contributed by atoms with E-state index in [1.807, 2.05) is 13.8 Å². The van der Waals surface area contributed by atoms with E-state index in [0.29, 0.717) is 6.42 Å². The van der Waals surface area contributed by atoms with Crippen LogP contribution in [0.3, 0.4) is 0 Å². The predicted octanol–water partition coefficient (Wildman–Crippen LogP) is 3.93. The van der Waals surface area contributed by atoms with Crippen molar-refractivity contribution < 1.29 is 32.2 Å². The van der Waals surface area contributed by atoms with Gasteiger partial charge in [0.15, 0.2) is 5.60 Å². The predicted molar refractivity (Wildman–Crippen MR) is 76.2 cm³/mol. The Morgan fingerprint density at radius 1 is 1.14 bits per heavy atom. The standard InChI is InChI=1S/C15H27F3O4/c1-7-13(4,5)12(19)21-9-14(6,15(16,17)18)22-10-20-8-11(2)3/h11H,7-10H2,1-6H3. The largest absolute Gasteiger partial charge is 0.462 e. The molecule has 0 aliphatic rings. The third-order valence-corrected chi connectivity index (χ3v) is 3.43. The molecule has 1 atom stereocenters. The SMILES string of the molecule is CCC(C)(C)C(=O)OCC(C)(OCOCC(C)C)C(F)(F)F. The minimum Gasteiger partial charge on any atom is -0.462 e. The maximum absolute atomic E-state index is 13.1. The highest BCUT2D eigenvalue weighted by Crippen LogP contribution is 2.34. The van der Waals surface area contributed by atoms with Gasteiger partial charge in [-0.1, -0.05) is 20.8 Å². The van der Waals surface area contributed by atoms with Crippen LogP contribution in [0.5, 0.6) is 0 Å². The summed E-state index contributed by atoms with van der Waals surface area (Å²) < 4.78 is 54.1. The topological polar surface area (TPSA) is 44.8 Å². The lowest BCUT2D eigenvalue weighted by atomic mass is 9.90. The Labute approximate surface area is 130 Å². The molecule has 0 rings (SSSR count). The van der Waals surface area contributed by atoms with Crippen molar-refractivity contribution in [2.45, 2.75) is 59.7 Å². The van der Waals surface area contributed by atoms with Gasteiger partial charge in [0.2, 0.25) is 0 Å². The number of hydrogen-bond donors (Lipinski definition) is 0. The maximum Gasteiger partial charge on any atom is 0.420 e. The van der Waals surface area contributed by atoms with E-state index in [1.165, 1.54) is 0 Å². The van der Waals surface area contributed by atoms with Crippen LogP contribution in [0.2, 0.25) is 0 Å². The Kier molecular flexibility index (Phi) is 7.85. The summed E-state index contributed by atoms with van der Waals surface area (Å²) in [6.45, 7) is 8.47. The average molecular weight is 328 g/mol. The summed E-state index contributed by atoms with van der Waals surface area (Å²) in [7, 11) is 0. The number of ether oxygens (including phenoxy) is 3. The molecule has 0 aromatic rings. The second-order valence-corrected chi connectivity index (χ2v) is 6.57. The first kappa shape index (κ1) is 21.2. The Morgan fingerprint density at radius 3 is 2.09 bits per heavy atom. The van der Waals surface area contributed by atoms with Crippen molar-refractivity contribution in [2.75, 3.05) is 20.0 Å². The van der Waals surface area contributed by atoms with Crippen molar-refractivity contribution in [1.82, 2.24) is 0 Å². The van der Waals surface area contributed by atoms with Crippen molar-refractivity contribution in [3.63, 3.8) is 0 Å². The Bertz CT molecular complexity index is 353. The van der Waals surface area contributed by atoms with Gasteiger partial charge in [0, 0.05) is 0 Å². The first-order valence-electron chi connectivity index (χ1n) is 7.31. The third-order valence-electron chi connectivity index (χ3n) is 3.43. The summed E-state index contributed by atoms with van der Waals surface area (Å²) >= 11 is 0.